The molecule has 1 N–H and O–H groups in total. The molecule has 0 aromatic heterocycles. The Morgan fingerprint density at radius 1 is 1.17 bits per heavy atom. The molecule has 29 heavy (non-hydrogen) atoms. The van der Waals surface area contributed by atoms with Gasteiger partial charge in [-0.15, -0.1) is 0 Å². The van der Waals surface area contributed by atoms with E-state index in [-0.39, 0.29) is 5.91 Å². The summed E-state index contributed by atoms with van der Waals surface area (Å²) >= 11 is 6.75. The van der Waals surface area contributed by atoms with Crippen LogP contribution in [-0.4, -0.2) is 50.2 Å². The monoisotopic (exact) mass is 411 g/mol. The van der Waals surface area contributed by atoms with E-state index in [2.05, 4.69) is 16.8 Å². The second-order valence-corrected chi connectivity index (χ2v) is 7.91. The molecule has 0 bridgehead atoms. The number of rotatable bonds is 6. The fraction of sp³-hybridized carbons (Fsp3) is 0.348. The van der Waals surface area contributed by atoms with Gasteiger partial charge in [0.25, 0.3) is 5.91 Å². The number of fused-ring (bicyclic) bond motifs is 1. The third kappa shape index (κ3) is 3.90. The summed E-state index contributed by atoms with van der Waals surface area (Å²) in [6.45, 7) is 7.83. The van der Waals surface area contributed by atoms with Crippen LogP contribution in [0.3, 0.4) is 0 Å². The molecule has 1 fully saturated rings. The lowest BCUT2D eigenvalue weighted by molar-refractivity contribution is -0.112. The van der Waals surface area contributed by atoms with Crippen LogP contribution in [-0.2, 0) is 9.53 Å². The second kappa shape index (κ2) is 8.57. The van der Waals surface area contributed by atoms with Crippen molar-refractivity contribution in [3.8, 4) is 0 Å². The maximum absolute atomic E-state index is 12.9. The van der Waals surface area contributed by atoms with Crippen LogP contribution >= 0.6 is 11.6 Å². The average Bonchev–Trinajstić information content (AvgIpc) is 3.01. The second-order valence-electron chi connectivity index (χ2n) is 7.53. The number of nitrogens with one attached hydrogen (secondary N) is 1. The number of nitrogens with zero attached hydrogens (tertiary/aromatic N) is 2. The lowest BCUT2D eigenvalue weighted by atomic mass is 10.0. The SMILES string of the molecule is C=C1C(=O)N(c2ccccc2)c2ccc(NC3CCN(CCOC)CC3)c(Cl)c21. The molecule has 2 aliphatic heterocycles. The molecule has 152 valence electrons. The number of amides is 1. The van der Waals surface area contributed by atoms with Gasteiger partial charge in [-0.1, -0.05) is 36.4 Å². The molecule has 2 heterocycles. The van der Waals surface area contributed by atoms with Gasteiger partial charge in [0.2, 0.25) is 0 Å². The molecule has 0 unspecified atom stereocenters. The van der Waals surface area contributed by atoms with E-state index in [1.807, 2.05) is 42.5 Å². The van der Waals surface area contributed by atoms with Gasteiger partial charge in [0, 0.05) is 49.6 Å². The van der Waals surface area contributed by atoms with Gasteiger partial charge in [-0.05, 0) is 37.1 Å². The van der Waals surface area contributed by atoms with Crippen LogP contribution in [0, 0.1) is 0 Å². The van der Waals surface area contributed by atoms with Crippen LogP contribution in [0.5, 0.6) is 0 Å². The van der Waals surface area contributed by atoms with Crippen LogP contribution < -0.4 is 10.2 Å². The van der Waals surface area contributed by atoms with E-state index in [0.717, 1.165) is 61.7 Å². The van der Waals surface area contributed by atoms with Crippen molar-refractivity contribution >= 4 is 40.1 Å². The highest BCUT2D eigenvalue weighted by Crippen LogP contribution is 2.46. The average molecular weight is 412 g/mol. The number of anilines is 3. The number of para-hydroxylation sites is 1. The van der Waals surface area contributed by atoms with Gasteiger partial charge in [-0.2, -0.15) is 0 Å². The number of benzene rings is 2. The fourth-order valence-corrected chi connectivity index (χ4v) is 4.41. The molecule has 2 aromatic carbocycles. The standard InChI is InChI=1S/C23H26ClN3O2/c1-16-21-20(27(23(16)28)18-6-4-3-5-7-18)9-8-19(22(21)24)25-17-10-12-26(13-11-17)14-15-29-2/h3-9,17,25H,1,10-15H2,2H3. The smallest absolute Gasteiger partial charge is 0.262 e. The first-order valence-corrected chi connectivity index (χ1v) is 10.4. The van der Waals surface area contributed by atoms with E-state index < -0.39 is 0 Å². The number of piperidine rings is 1. The molecule has 2 aliphatic rings. The fourth-order valence-electron chi connectivity index (χ4n) is 4.08. The number of hydrogen-bond acceptors (Lipinski definition) is 4. The quantitative estimate of drug-likeness (QED) is 0.708. The van der Waals surface area contributed by atoms with Gasteiger partial charge >= 0.3 is 0 Å². The third-order valence-electron chi connectivity index (χ3n) is 5.70. The third-order valence-corrected chi connectivity index (χ3v) is 6.09. The topological polar surface area (TPSA) is 44.8 Å². The predicted octanol–water partition coefficient (Wildman–Crippen LogP) is 4.55. The van der Waals surface area contributed by atoms with Crippen molar-refractivity contribution < 1.29 is 9.53 Å². The van der Waals surface area contributed by atoms with Crippen LogP contribution in [0.4, 0.5) is 17.1 Å². The molecular weight excluding hydrogens is 386 g/mol. The zero-order chi connectivity index (χ0) is 20.4. The van der Waals surface area contributed by atoms with Crippen molar-refractivity contribution in [2.45, 2.75) is 18.9 Å². The Labute approximate surface area is 176 Å². The lowest BCUT2D eigenvalue weighted by Gasteiger charge is -2.33. The van der Waals surface area contributed by atoms with Crippen molar-refractivity contribution in [3.05, 3.63) is 59.6 Å². The van der Waals surface area contributed by atoms with Gasteiger partial charge in [-0.3, -0.25) is 9.69 Å². The van der Waals surface area contributed by atoms with Gasteiger partial charge in [0.15, 0.2) is 0 Å². The molecule has 0 saturated carbocycles. The van der Waals surface area contributed by atoms with Crippen molar-refractivity contribution in [2.24, 2.45) is 0 Å². The molecule has 0 spiro atoms. The number of halogens is 1. The van der Waals surface area contributed by atoms with Gasteiger partial charge < -0.3 is 15.0 Å². The zero-order valence-electron chi connectivity index (χ0n) is 16.7. The summed E-state index contributed by atoms with van der Waals surface area (Å²) in [5.41, 5.74) is 3.63. The first-order valence-electron chi connectivity index (χ1n) is 9.99. The van der Waals surface area contributed by atoms with E-state index in [0.29, 0.717) is 16.6 Å². The maximum atomic E-state index is 12.9. The van der Waals surface area contributed by atoms with E-state index in [1.165, 1.54) is 0 Å². The highest BCUT2D eigenvalue weighted by Gasteiger charge is 2.35. The Kier molecular flexibility index (Phi) is 5.90. The molecule has 4 rings (SSSR count). The number of carbonyl (C=O) groups is 1. The number of carbonyl (C=O) groups excluding carboxylic acids is 1. The molecule has 6 heteroatoms. The Morgan fingerprint density at radius 3 is 2.59 bits per heavy atom. The Hall–Kier alpha value is -2.34. The molecule has 0 aliphatic carbocycles. The van der Waals surface area contributed by atoms with Crippen molar-refractivity contribution in [3.63, 3.8) is 0 Å². The minimum atomic E-state index is -0.128. The molecule has 2 aromatic rings. The van der Waals surface area contributed by atoms with E-state index in [1.54, 1.807) is 12.0 Å². The number of ether oxygens (including phenoxy) is 1. The number of methoxy groups -OCH3 is 1. The van der Waals surface area contributed by atoms with E-state index >= 15 is 0 Å². The molecular formula is C23H26ClN3O2. The van der Waals surface area contributed by atoms with Crippen LogP contribution in [0.1, 0.15) is 18.4 Å². The van der Waals surface area contributed by atoms with E-state index in [4.69, 9.17) is 16.3 Å². The first-order chi connectivity index (χ1) is 14.1. The predicted molar refractivity (Wildman–Crippen MR) is 119 cm³/mol. The molecule has 0 radical (unpaired) electrons. The summed E-state index contributed by atoms with van der Waals surface area (Å²) in [5.74, 6) is -0.128. The number of hydrogen-bond donors (Lipinski definition) is 1. The van der Waals surface area contributed by atoms with Gasteiger partial charge in [0.1, 0.15) is 0 Å². The highest BCUT2D eigenvalue weighted by atomic mass is 35.5. The zero-order valence-corrected chi connectivity index (χ0v) is 17.4. The van der Waals surface area contributed by atoms with Gasteiger partial charge in [0.05, 0.1) is 23.0 Å². The Balaban J connectivity index is 1.52. The van der Waals surface area contributed by atoms with Crippen molar-refractivity contribution in [2.75, 3.05) is 43.6 Å². The summed E-state index contributed by atoms with van der Waals surface area (Å²) < 4.78 is 5.17. The van der Waals surface area contributed by atoms with E-state index in [9.17, 15) is 4.79 Å². The molecule has 1 amide bonds. The van der Waals surface area contributed by atoms with Crippen molar-refractivity contribution in [1.82, 2.24) is 4.90 Å². The Bertz CT molecular complexity index is 908. The Morgan fingerprint density at radius 2 is 1.90 bits per heavy atom. The van der Waals surface area contributed by atoms with Crippen LogP contribution in [0.2, 0.25) is 5.02 Å². The normalized spacial score (nSPS) is 17.7. The van der Waals surface area contributed by atoms with Crippen LogP contribution in [0.15, 0.2) is 49.0 Å². The summed E-state index contributed by atoms with van der Waals surface area (Å²) in [7, 11) is 1.74. The minimum Gasteiger partial charge on any atom is -0.383 e. The van der Waals surface area contributed by atoms with Crippen LogP contribution in [0.25, 0.3) is 5.57 Å². The lowest BCUT2D eigenvalue weighted by Crippen LogP contribution is -2.40. The maximum Gasteiger partial charge on any atom is 0.262 e. The number of likely N-dealkylation sites (tertiary alicyclic amines) is 1. The summed E-state index contributed by atoms with van der Waals surface area (Å²) in [5, 5.41) is 4.16. The summed E-state index contributed by atoms with van der Waals surface area (Å²) in [4.78, 5) is 17.0. The largest absolute Gasteiger partial charge is 0.383 e. The summed E-state index contributed by atoms with van der Waals surface area (Å²) in [6, 6.07) is 13.9. The first kappa shape index (κ1) is 20.0. The highest BCUT2D eigenvalue weighted by molar-refractivity contribution is 6.42. The molecule has 1 saturated heterocycles. The summed E-state index contributed by atoms with van der Waals surface area (Å²) in [6.07, 6.45) is 2.10. The molecule has 5 nitrogen and oxygen atoms in total. The van der Waals surface area contributed by atoms with Gasteiger partial charge in [-0.25, -0.2) is 0 Å². The molecule has 0 atom stereocenters. The van der Waals surface area contributed by atoms with Crippen molar-refractivity contribution in [1.29, 1.82) is 0 Å². The minimum absolute atomic E-state index is 0.128.